The molecule has 8 heteroatoms. The SMILES string of the molecule is O=C(CSc1ncnc2nc[nH]c12)c1cccc(C2CC2(Cl)Cl)c1. The molecule has 2 aromatic heterocycles. The van der Waals surface area contributed by atoms with Crippen molar-refractivity contribution < 1.29 is 4.79 Å². The first kappa shape index (κ1) is 15.9. The molecule has 4 rings (SSSR count). The van der Waals surface area contributed by atoms with E-state index in [1.165, 1.54) is 18.1 Å². The highest BCUT2D eigenvalue weighted by Crippen LogP contribution is 2.59. The summed E-state index contributed by atoms with van der Waals surface area (Å²) in [5, 5.41) is 0.713. The number of alkyl halides is 2. The van der Waals surface area contributed by atoms with Crippen LogP contribution in [-0.2, 0) is 0 Å². The molecule has 24 heavy (non-hydrogen) atoms. The van der Waals surface area contributed by atoms with Gasteiger partial charge in [-0.25, -0.2) is 15.0 Å². The average molecular weight is 379 g/mol. The van der Waals surface area contributed by atoms with Crippen molar-refractivity contribution in [3.05, 3.63) is 48.0 Å². The normalized spacial score (nSPS) is 18.7. The number of nitrogens with one attached hydrogen (secondary N) is 1. The predicted molar refractivity (Wildman–Crippen MR) is 95.0 cm³/mol. The second-order valence-corrected chi connectivity index (χ2v) is 8.14. The molecule has 0 saturated heterocycles. The summed E-state index contributed by atoms with van der Waals surface area (Å²) in [4.78, 5) is 27.8. The van der Waals surface area contributed by atoms with Crippen molar-refractivity contribution in [2.24, 2.45) is 0 Å². The van der Waals surface area contributed by atoms with Crippen LogP contribution >= 0.6 is 35.0 Å². The molecule has 1 aliphatic rings. The van der Waals surface area contributed by atoms with E-state index in [4.69, 9.17) is 23.2 Å². The van der Waals surface area contributed by atoms with Crippen LogP contribution in [0.3, 0.4) is 0 Å². The lowest BCUT2D eigenvalue weighted by molar-refractivity contribution is 0.102. The molecule has 1 unspecified atom stereocenters. The van der Waals surface area contributed by atoms with Crippen molar-refractivity contribution in [3.63, 3.8) is 0 Å². The van der Waals surface area contributed by atoms with E-state index in [0.29, 0.717) is 16.2 Å². The number of rotatable bonds is 5. The molecule has 0 spiro atoms. The van der Waals surface area contributed by atoms with Crippen molar-refractivity contribution in [3.8, 4) is 0 Å². The smallest absolute Gasteiger partial charge is 0.181 e. The molecular formula is C16H12Cl2N4OS. The number of fused-ring (bicyclic) bond motifs is 1. The Hall–Kier alpha value is -1.63. The van der Waals surface area contributed by atoms with Crippen LogP contribution in [-0.4, -0.2) is 35.8 Å². The van der Waals surface area contributed by atoms with Gasteiger partial charge in [0, 0.05) is 11.5 Å². The van der Waals surface area contributed by atoms with Gasteiger partial charge in [0.15, 0.2) is 11.4 Å². The topological polar surface area (TPSA) is 71.5 Å². The van der Waals surface area contributed by atoms with Gasteiger partial charge >= 0.3 is 0 Å². The molecule has 1 aliphatic carbocycles. The number of imidazole rings is 1. The summed E-state index contributed by atoms with van der Waals surface area (Å²) in [6.07, 6.45) is 3.74. The highest BCUT2D eigenvalue weighted by molar-refractivity contribution is 8.00. The molecule has 3 aromatic rings. The zero-order valence-corrected chi connectivity index (χ0v) is 14.7. The van der Waals surface area contributed by atoms with E-state index >= 15 is 0 Å². The van der Waals surface area contributed by atoms with E-state index in [2.05, 4.69) is 19.9 Å². The molecule has 1 saturated carbocycles. The Morgan fingerprint density at radius 2 is 2.17 bits per heavy atom. The minimum Gasteiger partial charge on any atom is -0.341 e. The third kappa shape index (κ3) is 3.01. The number of hydrogen-bond acceptors (Lipinski definition) is 5. The van der Waals surface area contributed by atoms with Gasteiger partial charge < -0.3 is 4.98 Å². The van der Waals surface area contributed by atoms with Gasteiger partial charge in [-0.1, -0.05) is 30.0 Å². The molecule has 1 aromatic carbocycles. The van der Waals surface area contributed by atoms with Crippen molar-refractivity contribution in [2.75, 3.05) is 5.75 Å². The molecule has 1 N–H and O–H groups in total. The van der Waals surface area contributed by atoms with E-state index in [1.807, 2.05) is 24.3 Å². The fourth-order valence-corrected chi connectivity index (χ4v) is 3.98. The maximum atomic E-state index is 12.5. The van der Waals surface area contributed by atoms with Gasteiger partial charge in [0.2, 0.25) is 0 Å². The molecule has 0 radical (unpaired) electrons. The van der Waals surface area contributed by atoms with Crippen LogP contribution in [0.1, 0.15) is 28.3 Å². The Labute approximate surface area is 152 Å². The first-order valence-electron chi connectivity index (χ1n) is 7.32. The number of carbonyl (C=O) groups excluding carboxylic acids is 1. The summed E-state index contributed by atoms with van der Waals surface area (Å²) in [7, 11) is 0. The third-order valence-electron chi connectivity index (χ3n) is 3.97. The average Bonchev–Trinajstić information content (AvgIpc) is 2.99. The summed E-state index contributed by atoms with van der Waals surface area (Å²) >= 11 is 13.6. The zero-order chi connectivity index (χ0) is 16.7. The van der Waals surface area contributed by atoms with Crippen molar-refractivity contribution in [1.29, 1.82) is 0 Å². The number of ketones is 1. The largest absolute Gasteiger partial charge is 0.341 e. The molecule has 2 heterocycles. The Morgan fingerprint density at radius 1 is 1.33 bits per heavy atom. The first-order valence-corrected chi connectivity index (χ1v) is 9.06. The van der Waals surface area contributed by atoms with Gasteiger partial charge in [0.1, 0.15) is 21.2 Å². The number of hydrogen-bond donors (Lipinski definition) is 1. The van der Waals surface area contributed by atoms with E-state index in [1.54, 1.807) is 6.33 Å². The van der Waals surface area contributed by atoms with E-state index in [9.17, 15) is 4.79 Å². The van der Waals surface area contributed by atoms with E-state index < -0.39 is 4.33 Å². The summed E-state index contributed by atoms with van der Waals surface area (Å²) in [6.45, 7) is 0. The summed E-state index contributed by atoms with van der Waals surface area (Å²) in [5.41, 5.74) is 3.01. The second kappa shape index (κ2) is 6.02. The van der Waals surface area contributed by atoms with E-state index in [-0.39, 0.29) is 17.5 Å². The molecule has 5 nitrogen and oxygen atoms in total. The van der Waals surface area contributed by atoms with E-state index in [0.717, 1.165) is 17.5 Å². The number of thioether (sulfide) groups is 1. The van der Waals surface area contributed by atoms with Crippen molar-refractivity contribution >= 4 is 51.9 Å². The number of benzene rings is 1. The van der Waals surface area contributed by atoms with Crippen LogP contribution < -0.4 is 0 Å². The summed E-state index contributed by atoms with van der Waals surface area (Å²) in [5.74, 6) is 0.419. The Bertz CT molecular complexity index is 927. The lowest BCUT2D eigenvalue weighted by Crippen LogP contribution is -2.04. The Balaban J connectivity index is 1.49. The fraction of sp³-hybridized carbons (Fsp3) is 0.250. The van der Waals surface area contributed by atoms with Crippen LogP contribution in [0.5, 0.6) is 0 Å². The van der Waals surface area contributed by atoms with Gasteiger partial charge in [-0.3, -0.25) is 4.79 Å². The van der Waals surface area contributed by atoms with Gasteiger partial charge in [-0.2, -0.15) is 0 Å². The second-order valence-electron chi connectivity index (χ2n) is 5.64. The van der Waals surface area contributed by atoms with Gasteiger partial charge in [0.05, 0.1) is 12.1 Å². The van der Waals surface area contributed by atoms with Crippen LogP contribution in [0.25, 0.3) is 11.2 Å². The maximum Gasteiger partial charge on any atom is 0.181 e. The Morgan fingerprint density at radius 3 is 2.96 bits per heavy atom. The third-order valence-corrected chi connectivity index (χ3v) is 5.79. The number of H-pyrrole nitrogens is 1. The quantitative estimate of drug-likeness (QED) is 0.314. The minimum atomic E-state index is -0.691. The molecule has 122 valence electrons. The number of aromatic nitrogens is 4. The predicted octanol–water partition coefficient (Wildman–Crippen LogP) is 3.99. The number of Topliss-reactive ketones (excluding diaryl/α,β-unsaturated/α-hetero) is 1. The lowest BCUT2D eigenvalue weighted by atomic mass is 10.1. The molecular weight excluding hydrogens is 367 g/mol. The van der Waals surface area contributed by atoms with Crippen LogP contribution in [0.4, 0.5) is 0 Å². The zero-order valence-electron chi connectivity index (χ0n) is 12.4. The summed E-state index contributed by atoms with van der Waals surface area (Å²) < 4.78 is -0.691. The monoisotopic (exact) mass is 378 g/mol. The molecule has 1 atom stereocenters. The highest BCUT2D eigenvalue weighted by Gasteiger charge is 2.52. The maximum absolute atomic E-state index is 12.5. The minimum absolute atomic E-state index is 0.0310. The van der Waals surface area contributed by atoms with Gasteiger partial charge in [-0.15, -0.1) is 23.2 Å². The standard InChI is InChI=1S/C16H12Cl2N4OS/c17-16(18)5-11(16)9-2-1-3-10(4-9)12(23)6-24-15-13-14(20-7-19-13)21-8-22-15/h1-4,7-8,11H,5-6H2,(H,19,20,21,22). The highest BCUT2D eigenvalue weighted by atomic mass is 35.5. The van der Waals surface area contributed by atoms with Gasteiger partial charge in [0.25, 0.3) is 0 Å². The van der Waals surface area contributed by atoms with Crippen LogP contribution in [0.2, 0.25) is 0 Å². The van der Waals surface area contributed by atoms with Crippen molar-refractivity contribution in [2.45, 2.75) is 21.7 Å². The molecule has 0 aliphatic heterocycles. The number of aromatic amines is 1. The molecule has 1 fully saturated rings. The Kier molecular flexibility index (Phi) is 3.98. The molecule has 0 amide bonds. The number of carbonyl (C=O) groups is 1. The van der Waals surface area contributed by atoms with Crippen molar-refractivity contribution in [1.82, 2.24) is 19.9 Å². The summed E-state index contributed by atoms with van der Waals surface area (Å²) in [6, 6.07) is 7.52. The fourth-order valence-electron chi connectivity index (χ4n) is 2.57. The lowest BCUT2D eigenvalue weighted by Gasteiger charge is -2.05. The number of halogens is 2. The van der Waals surface area contributed by atoms with Gasteiger partial charge in [-0.05, 0) is 18.1 Å². The molecule has 0 bridgehead atoms. The van der Waals surface area contributed by atoms with Crippen LogP contribution in [0, 0.1) is 0 Å². The first-order chi connectivity index (χ1) is 11.5. The van der Waals surface area contributed by atoms with Crippen LogP contribution in [0.15, 0.2) is 41.9 Å². The number of nitrogens with zero attached hydrogens (tertiary/aromatic N) is 3.